The fourth-order valence-corrected chi connectivity index (χ4v) is 3.40. The fraction of sp³-hybridized carbons (Fsp3) is 0.696. The summed E-state index contributed by atoms with van der Waals surface area (Å²) in [5, 5.41) is 8.67. The number of carbonyl (C=O) groups is 1. The van der Waals surface area contributed by atoms with Crippen molar-refractivity contribution in [2.45, 2.75) is 96.8 Å². The van der Waals surface area contributed by atoms with Gasteiger partial charge in [-0.25, -0.2) is 0 Å². The molecule has 0 saturated heterocycles. The highest BCUT2D eigenvalue weighted by Gasteiger charge is 2.05. The van der Waals surface area contributed by atoms with E-state index in [1.165, 1.54) is 82.6 Å². The van der Waals surface area contributed by atoms with Gasteiger partial charge in [-0.15, -0.1) is 0 Å². The molecule has 1 N–H and O–H groups in total. The summed E-state index contributed by atoms with van der Waals surface area (Å²) in [6, 6.07) is 10.8. The van der Waals surface area contributed by atoms with Crippen LogP contribution in [0, 0.1) is 5.92 Å². The SMILES string of the molecule is CC(CCCCCCCCCCCCc1ccccc1)CCC(=O)O. The minimum Gasteiger partial charge on any atom is -0.481 e. The number of aliphatic carboxylic acids is 1. The van der Waals surface area contributed by atoms with Crippen molar-refractivity contribution in [1.29, 1.82) is 0 Å². The van der Waals surface area contributed by atoms with Gasteiger partial charge in [-0.05, 0) is 30.7 Å². The van der Waals surface area contributed by atoms with E-state index in [2.05, 4.69) is 37.3 Å². The second kappa shape index (κ2) is 15.0. The van der Waals surface area contributed by atoms with Crippen LogP contribution in [-0.4, -0.2) is 11.1 Å². The Labute approximate surface area is 155 Å². The van der Waals surface area contributed by atoms with Gasteiger partial charge in [0.15, 0.2) is 0 Å². The Morgan fingerprint density at radius 2 is 1.32 bits per heavy atom. The molecule has 1 aromatic rings. The average Bonchev–Trinajstić information content (AvgIpc) is 2.61. The minimum absolute atomic E-state index is 0.326. The summed E-state index contributed by atoms with van der Waals surface area (Å²) in [5.41, 5.74) is 1.47. The summed E-state index contributed by atoms with van der Waals surface area (Å²) in [7, 11) is 0. The van der Waals surface area contributed by atoms with Crippen LogP contribution in [0.4, 0.5) is 0 Å². The summed E-state index contributed by atoms with van der Waals surface area (Å²) < 4.78 is 0. The Bertz CT molecular complexity index is 427. The molecule has 1 aromatic carbocycles. The molecule has 1 rings (SSSR count). The molecular weight excluding hydrogens is 308 g/mol. The number of aryl methyl sites for hydroxylation is 1. The van der Waals surface area contributed by atoms with Crippen LogP contribution in [0.3, 0.4) is 0 Å². The molecule has 0 fully saturated rings. The Morgan fingerprint density at radius 1 is 0.800 bits per heavy atom. The van der Waals surface area contributed by atoms with Gasteiger partial charge in [0.1, 0.15) is 0 Å². The van der Waals surface area contributed by atoms with Crippen molar-refractivity contribution in [1.82, 2.24) is 0 Å². The predicted octanol–water partition coefficient (Wildman–Crippen LogP) is 7.02. The molecule has 0 spiro atoms. The van der Waals surface area contributed by atoms with Gasteiger partial charge < -0.3 is 5.11 Å². The third-order valence-electron chi connectivity index (χ3n) is 5.11. The van der Waals surface area contributed by atoms with Gasteiger partial charge in [-0.2, -0.15) is 0 Å². The number of carboxylic acid groups (broad SMARTS) is 1. The molecule has 2 heteroatoms. The van der Waals surface area contributed by atoms with E-state index in [-0.39, 0.29) is 0 Å². The van der Waals surface area contributed by atoms with Gasteiger partial charge in [0, 0.05) is 6.42 Å². The Morgan fingerprint density at radius 3 is 1.88 bits per heavy atom. The lowest BCUT2D eigenvalue weighted by Gasteiger charge is -2.09. The van der Waals surface area contributed by atoms with Crippen LogP contribution in [0.5, 0.6) is 0 Å². The lowest BCUT2D eigenvalue weighted by molar-refractivity contribution is -0.137. The number of benzene rings is 1. The molecular formula is C23H38O2. The maximum atomic E-state index is 10.5. The summed E-state index contributed by atoms with van der Waals surface area (Å²) in [4.78, 5) is 10.5. The van der Waals surface area contributed by atoms with E-state index in [0.29, 0.717) is 12.3 Å². The molecule has 25 heavy (non-hydrogen) atoms. The standard InChI is InChI=1S/C23H38O2/c1-21(19-20-23(24)25)15-11-8-6-4-2-3-5-7-9-12-16-22-17-13-10-14-18-22/h10,13-14,17-18,21H,2-9,11-12,15-16,19-20H2,1H3,(H,24,25). The zero-order valence-electron chi connectivity index (χ0n) is 16.2. The van der Waals surface area contributed by atoms with Gasteiger partial charge >= 0.3 is 5.97 Å². The van der Waals surface area contributed by atoms with Crippen LogP contribution < -0.4 is 0 Å². The van der Waals surface area contributed by atoms with Gasteiger partial charge in [0.05, 0.1) is 0 Å². The first kappa shape index (κ1) is 21.7. The van der Waals surface area contributed by atoms with Gasteiger partial charge in [-0.3, -0.25) is 4.79 Å². The van der Waals surface area contributed by atoms with Crippen molar-refractivity contribution in [2.24, 2.45) is 5.92 Å². The molecule has 0 saturated carbocycles. The van der Waals surface area contributed by atoms with E-state index in [1.807, 2.05) is 0 Å². The third kappa shape index (κ3) is 13.6. The van der Waals surface area contributed by atoms with Crippen LogP contribution in [-0.2, 0) is 11.2 Å². The van der Waals surface area contributed by atoms with E-state index in [1.54, 1.807) is 0 Å². The topological polar surface area (TPSA) is 37.3 Å². The molecule has 0 amide bonds. The fourth-order valence-electron chi connectivity index (χ4n) is 3.40. The van der Waals surface area contributed by atoms with Crippen molar-refractivity contribution < 1.29 is 9.90 Å². The monoisotopic (exact) mass is 346 g/mol. The van der Waals surface area contributed by atoms with Crippen molar-refractivity contribution in [3.63, 3.8) is 0 Å². The minimum atomic E-state index is -0.660. The zero-order valence-corrected chi connectivity index (χ0v) is 16.2. The Kier molecular flexibility index (Phi) is 13.0. The van der Waals surface area contributed by atoms with Crippen molar-refractivity contribution in [3.8, 4) is 0 Å². The van der Waals surface area contributed by atoms with Crippen molar-refractivity contribution in [3.05, 3.63) is 35.9 Å². The molecule has 0 aliphatic carbocycles. The average molecular weight is 347 g/mol. The van der Waals surface area contributed by atoms with Gasteiger partial charge in [0.25, 0.3) is 0 Å². The van der Waals surface area contributed by atoms with Crippen LogP contribution in [0.2, 0.25) is 0 Å². The number of carboxylic acids is 1. The molecule has 0 aliphatic rings. The zero-order chi connectivity index (χ0) is 18.2. The number of hydrogen-bond acceptors (Lipinski definition) is 1. The smallest absolute Gasteiger partial charge is 0.303 e. The van der Waals surface area contributed by atoms with Crippen LogP contribution >= 0.6 is 0 Å². The first-order valence-electron chi connectivity index (χ1n) is 10.4. The summed E-state index contributed by atoms with van der Waals surface area (Å²) >= 11 is 0. The summed E-state index contributed by atoms with van der Waals surface area (Å²) in [6.07, 6.45) is 17.1. The quantitative estimate of drug-likeness (QED) is 0.326. The van der Waals surface area contributed by atoms with Crippen LogP contribution in [0.25, 0.3) is 0 Å². The maximum absolute atomic E-state index is 10.5. The molecule has 0 aromatic heterocycles. The molecule has 0 radical (unpaired) electrons. The first-order chi connectivity index (χ1) is 12.2. The molecule has 142 valence electrons. The molecule has 1 unspecified atom stereocenters. The van der Waals surface area contributed by atoms with E-state index >= 15 is 0 Å². The Hall–Kier alpha value is -1.31. The number of hydrogen-bond donors (Lipinski definition) is 1. The Balaban J connectivity index is 1.78. The third-order valence-corrected chi connectivity index (χ3v) is 5.11. The second-order valence-corrected chi connectivity index (χ2v) is 7.60. The molecule has 0 aliphatic heterocycles. The lowest BCUT2D eigenvalue weighted by atomic mass is 9.97. The van der Waals surface area contributed by atoms with E-state index in [9.17, 15) is 4.79 Å². The highest BCUT2D eigenvalue weighted by Crippen LogP contribution is 2.17. The van der Waals surface area contributed by atoms with Gasteiger partial charge in [0.2, 0.25) is 0 Å². The van der Waals surface area contributed by atoms with E-state index < -0.39 is 5.97 Å². The van der Waals surface area contributed by atoms with Crippen LogP contribution in [0.1, 0.15) is 96.0 Å². The highest BCUT2D eigenvalue weighted by atomic mass is 16.4. The normalized spacial score (nSPS) is 12.2. The van der Waals surface area contributed by atoms with Gasteiger partial charge in [-0.1, -0.05) is 101 Å². The number of unbranched alkanes of at least 4 members (excludes halogenated alkanes) is 9. The second-order valence-electron chi connectivity index (χ2n) is 7.60. The summed E-state index contributed by atoms with van der Waals surface area (Å²) in [5.74, 6) is -0.0982. The summed E-state index contributed by atoms with van der Waals surface area (Å²) in [6.45, 7) is 2.18. The van der Waals surface area contributed by atoms with Crippen LogP contribution in [0.15, 0.2) is 30.3 Å². The molecule has 2 nitrogen and oxygen atoms in total. The van der Waals surface area contributed by atoms with E-state index in [0.717, 1.165) is 6.42 Å². The highest BCUT2D eigenvalue weighted by molar-refractivity contribution is 5.66. The molecule has 0 bridgehead atoms. The van der Waals surface area contributed by atoms with Crippen molar-refractivity contribution >= 4 is 5.97 Å². The maximum Gasteiger partial charge on any atom is 0.303 e. The van der Waals surface area contributed by atoms with Crippen molar-refractivity contribution in [2.75, 3.05) is 0 Å². The number of rotatable bonds is 16. The first-order valence-corrected chi connectivity index (χ1v) is 10.4. The van der Waals surface area contributed by atoms with E-state index in [4.69, 9.17) is 5.11 Å². The largest absolute Gasteiger partial charge is 0.481 e. The lowest BCUT2D eigenvalue weighted by Crippen LogP contribution is -2.01. The molecule has 0 heterocycles. The predicted molar refractivity (Wildman–Crippen MR) is 107 cm³/mol. The molecule has 1 atom stereocenters.